The SMILES string of the molecule is O=C(CCl)c1ccc2c(c1)N=CCO2. The van der Waals surface area contributed by atoms with Crippen LogP contribution in [0.1, 0.15) is 10.4 Å². The maximum absolute atomic E-state index is 11.3. The molecular weight excluding hydrogens is 202 g/mol. The van der Waals surface area contributed by atoms with Crippen LogP contribution in [0, 0.1) is 0 Å². The largest absolute Gasteiger partial charge is 0.486 e. The Kier molecular flexibility index (Phi) is 2.50. The molecule has 0 aromatic heterocycles. The van der Waals surface area contributed by atoms with Gasteiger partial charge in [0.25, 0.3) is 0 Å². The Hall–Kier alpha value is -1.35. The number of hydrogen-bond donors (Lipinski definition) is 0. The molecular formula is C10H8ClNO2. The number of nitrogens with zero attached hydrogens (tertiary/aromatic N) is 1. The molecule has 1 aliphatic heterocycles. The fourth-order valence-electron chi connectivity index (χ4n) is 1.25. The monoisotopic (exact) mass is 209 g/mol. The smallest absolute Gasteiger partial charge is 0.177 e. The van der Waals surface area contributed by atoms with E-state index in [9.17, 15) is 4.79 Å². The molecule has 1 heterocycles. The quantitative estimate of drug-likeness (QED) is 0.553. The summed E-state index contributed by atoms with van der Waals surface area (Å²) in [5.41, 5.74) is 1.26. The molecule has 0 saturated carbocycles. The standard InChI is InChI=1S/C10H8ClNO2/c11-6-9(13)7-1-2-10-8(5-7)12-3-4-14-10/h1-3,5H,4,6H2. The van der Waals surface area contributed by atoms with E-state index in [2.05, 4.69) is 4.99 Å². The van der Waals surface area contributed by atoms with Crippen molar-refractivity contribution in [2.24, 2.45) is 4.99 Å². The molecule has 0 radical (unpaired) electrons. The Balaban J connectivity index is 2.40. The predicted molar refractivity (Wildman–Crippen MR) is 55.1 cm³/mol. The summed E-state index contributed by atoms with van der Waals surface area (Å²) in [6.07, 6.45) is 1.66. The molecule has 0 unspecified atom stereocenters. The first-order chi connectivity index (χ1) is 6.81. The number of carbonyl (C=O) groups excluding carboxylic acids is 1. The number of rotatable bonds is 2. The van der Waals surface area contributed by atoms with Gasteiger partial charge in [-0.15, -0.1) is 11.6 Å². The lowest BCUT2D eigenvalue weighted by molar-refractivity contribution is 0.102. The highest BCUT2D eigenvalue weighted by molar-refractivity contribution is 6.30. The molecule has 0 saturated heterocycles. The molecule has 1 aromatic rings. The van der Waals surface area contributed by atoms with Crippen LogP contribution in [0.2, 0.25) is 0 Å². The van der Waals surface area contributed by atoms with Gasteiger partial charge < -0.3 is 4.74 Å². The zero-order chi connectivity index (χ0) is 9.97. The first-order valence-corrected chi connectivity index (χ1v) is 4.73. The van der Waals surface area contributed by atoms with Gasteiger partial charge in [0.1, 0.15) is 18.0 Å². The predicted octanol–water partition coefficient (Wildman–Crippen LogP) is 2.20. The highest BCUT2D eigenvalue weighted by Crippen LogP contribution is 2.30. The summed E-state index contributed by atoms with van der Waals surface area (Å²) < 4.78 is 5.30. The van der Waals surface area contributed by atoms with Gasteiger partial charge in [-0.2, -0.15) is 0 Å². The Morgan fingerprint density at radius 2 is 2.43 bits per heavy atom. The van der Waals surface area contributed by atoms with Crippen LogP contribution in [-0.2, 0) is 0 Å². The van der Waals surface area contributed by atoms with Crippen molar-refractivity contribution in [3.63, 3.8) is 0 Å². The topological polar surface area (TPSA) is 38.7 Å². The normalized spacial score (nSPS) is 13.2. The van der Waals surface area contributed by atoms with Gasteiger partial charge in [0, 0.05) is 11.8 Å². The van der Waals surface area contributed by atoms with E-state index in [0.717, 1.165) is 0 Å². The lowest BCUT2D eigenvalue weighted by Gasteiger charge is -2.11. The van der Waals surface area contributed by atoms with Gasteiger partial charge in [0.05, 0.1) is 5.88 Å². The Morgan fingerprint density at radius 1 is 1.57 bits per heavy atom. The molecule has 4 heteroatoms. The van der Waals surface area contributed by atoms with Gasteiger partial charge in [-0.1, -0.05) is 0 Å². The number of ketones is 1. The van der Waals surface area contributed by atoms with E-state index in [-0.39, 0.29) is 11.7 Å². The van der Waals surface area contributed by atoms with Crippen molar-refractivity contribution in [1.82, 2.24) is 0 Å². The maximum atomic E-state index is 11.3. The van der Waals surface area contributed by atoms with Gasteiger partial charge in [-0.25, -0.2) is 0 Å². The van der Waals surface area contributed by atoms with E-state index in [1.54, 1.807) is 24.4 Å². The Labute approximate surface area is 86.4 Å². The first kappa shape index (κ1) is 9.21. The Bertz CT molecular complexity index is 401. The van der Waals surface area contributed by atoms with Gasteiger partial charge in [-0.05, 0) is 18.2 Å². The molecule has 0 spiro atoms. The number of ether oxygens (including phenoxy) is 1. The molecule has 1 aromatic carbocycles. The van der Waals surface area contributed by atoms with E-state index < -0.39 is 0 Å². The fraction of sp³-hybridized carbons (Fsp3) is 0.200. The van der Waals surface area contributed by atoms with Crippen molar-refractivity contribution in [2.45, 2.75) is 0 Å². The second-order valence-electron chi connectivity index (χ2n) is 2.86. The number of aliphatic imine (C=N–C) groups is 1. The highest BCUT2D eigenvalue weighted by atomic mass is 35.5. The Morgan fingerprint density at radius 3 is 3.21 bits per heavy atom. The molecule has 0 aliphatic carbocycles. The van der Waals surface area contributed by atoms with Gasteiger partial charge in [0.15, 0.2) is 5.78 Å². The molecule has 0 N–H and O–H groups in total. The molecule has 0 bridgehead atoms. The van der Waals surface area contributed by atoms with Crippen LogP contribution in [0.25, 0.3) is 0 Å². The summed E-state index contributed by atoms with van der Waals surface area (Å²) in [7, 11) is 0. The summed E-state index contributed by atoms with van der Waals surface area (Å²) in [6.45, 7) is 0.482. The van der Waals surface area contributed by atoms with E-state index in [4.69, 9.17) is 16.3 Å². The van der Waals surface area contributed by atoms with E-state index >= 15 is 0 Å². The molecule has 72 valence electrons. The minimum Gasteiger partial charge on any atom is -0.486 e. The van der Waals surface area contributed by atoms with Crippen molar-refractivity contribution < 1.29 is 9.53 Å². The number of halogens is 1. The van der Waals surface area contributed by atoms with Crippen LogP contribution >= 0.6 is 11.6 Å². The van der Waals surface area contributed by atoms with Crippen LogP contribution in [-0.4, -0.2) is 24.5 Å². The third-order valence-electron chi connectivity index (χ3n) is 1.95. The number of alkyl halides is 1. The number of benzene rings is 1. The molecule has 0 fully saturated rings. The van der Waals surface area contributed by atoms with Crippen molar-refractivity contribution in [2.75, 3.05) is 12.5 Å². The van der Waals surface area contributed by atoms with Crippen LogP contribution in [0.15, 0.2) is 23.2 Å². The first-order valence-electron chi connectivity index (χ1n) is 4.20. The number of hydrogen-bond acceptors (Lipinski definition) is 3. The van der Waals surface area contributed by atoms with Crippen molar-refractivity contribution in [1.29, 1.82) is 0 Å². The highest BCUT2D eigenvalue weighted by Gasteiger charge is 2.10. The number of fused-ring (bicyclic) bond motifs is 1. The van der Waals surface area contributed by atoms with E-state index in [1.165, 1.54) is 0 Å². The molecule has 0 amide bonds. The van der Waals surface area contributed by atoms with Gasteiger partial charge in [0.2, 0.25) is 0 Å². The lowest BCUT2D eigenvalue weighted by Crippen LogP contribution is -2.05. The van der Waals surface area contributed by atoms with Crippen LogP contribution in [0.4, 0.5) is 5.69 Å². The molecule has 14 heavy (non-hydrogen) atoms. The zero-order valence-electron chi connectivity index (χ0n) is 7.37. The van der Waals surface area contributed by atoms with Gasteiger partial charge >= 0.3 is 0 Å². The third kappa shape index (κ3) is 1.63. The average molecular weight is 210 g/mol. The van der Waals surface area contributed by atoms with Crippen molar-refractivity contribution >= 4 is 29.3 Å². The summed E-state index contributed by atoms with van der Waals surface area (Å²) >= 11 is 5.45. The maximum Gasteiger partial charge on any atom is 0.177 e. The minimum absolute atomic E-state index is 0.0106. The third-order valence-corrected chi connectivity index (χ3v) is 2.19. The second-order valence-corrected chi connectivity index (χ2v) is 3.13. The summed E-state index contributed by atoms with van der Waals surface area (Å²) in [4.78, 5) is 15.4. The number of Topliss-reactive ketones (excluding diaryl/α,β-unsaturated/α-hetero) is 1. The van der Waals surface area contributed by atoms with Crippen LogP contribution < -0.4 is 4.74 Å². The molecule has 1 aliphatic rings. The summed E-state index contributed by atoms with van der Waals surface area (Å²) in [6, 6.07) is 5.13. The van der Waals surface area contributed by atoms with E-state index in [1.807, 2.05) is 0 Å². The van der Waals surface area contributed by atoms with Gasteiger partial charge in [-0.3, -0.25) is 9.79 Å². The molecule has 2 rings (SSSR count). The summed E-state index contributed by atoms with van der Waals surface area (Å²) in [5, 5.41) is 0. The average Bonchev–Trinajstić information content (AvgIpc) is 2.27. The fourth-order valence-corrected chi connectivity index (χ4v) is 1.41. The second kappa shape index (κ2) is 3.80. The molecule has 3 nitrogen and oxygen atoms in total. The lowest BCUT2D eigenvalue weighted by atomic mass is 10.1. The van der Waals surface area contributed by atoms with Crippen LogP contribution in [0.3, 0.4) is 0 Å². The number of carbonyl (C=O) groups is 1. The van der Waals surface area contributed by atoms with Crippen LogP contribution in [0.5, 0.6) is 5.75 Å². The van der Waals surface area contributed by atoms with Crippen molar-refractivity contribution in [3.05, 3.63) is 23.8 Å². The summed E-state index contributed by atoms with van der Waals surface area (Å²) in [5.74, 6) is 0.595. The minimum atomic E-state index is -0.102. The van der Waals surface area contributed by atoms with Crippen molar-refractivity contribution in [3.8, 4) is 5.75 Å². The van der Waals surface area contributed by atoms with E-state index in [0.29, 0.717) is 23.6 Å². The molecule has 0 atom stereocenters. The zero-order valence-corrected chi connectivity index (χ0v) is 8.12.